The van der Waals surface area contributed by atoms with Gasteiger partial charge in [0, 0.05) is 39.8 Å². The van der Waals surface area contributed by atoms with Crippen molar-refractivity contribution < 1.29 is 14.2 Å². The second-order valence-electron chi connectivity index (χ2n) is 7.42. The summed E-state index contributed by atoms with van der Waals surface area (Å²) in [6.45, 7) is 11.5. The van der Waals surface area contributed by atoms with E-state index in [1.807, 2.05) is 20.0 Å². The number of nitrogens with zero attached hydrogens (tertiary/aromatic N) is 2. The van der Waals surface area contributed by atoms with Gasteiger partial charge in [-0.3, -0.25) is 9.89 Å². The largest absolute Gasteiger partial charge is 0.493 e. The molecule has 1 saturated heterocycles. The van der Waals surface area contributed by atoms with Crippen molar-refractivity contribution in [2.45, 2.75) is 26.7 Å². The van der Waals surface area contributed by atoms with Gasteiger partial charge >= 0.3 is 0 Å². The molecule has 0 amide bonds. The molecule has 1 aliphatic rings. The highest BCUT2D eigenvalue weighted by Crippen LogP contribution is 2.28. The van der Waals surface area contributed by atoms with Crippen LogP contribution in [0.3, 0.4) is 0 Å². The SMILES string of the molecule is CCOc1cc(CCCNC(=NC)NCC(C)CN2CCOCC2)ccc1OC.I. The van der Waals surface area contributed by atoms with Crippen molar-refractivity contribution in [2.24, 2.45) is 10.9 Å². The number of halogens is 1. The number of rotatable bonds is 11. The standard InChI is InChI=1S/C22H38N4O3.HI/c1-5-29-21-15-19(8-9-20(21)27-4)7-6-10-24-22(23-3)25-16-18(2)17-26-11-13-28-14-12-26;/h8-9,15,18H,5-7,10-14,16-17H2,1-4H3,(H2,23,24,25);1H. The first-order valence-corrected chi connectivity index (χ1v) is 10.7. The molecule has 30 heavy (non-hydrogen) atoms. The molecule has 0 radical (unpaired) electrons. The summed E-state index contributed by atoms with van der Waals surface area (Å²) in [7, 11) is 3.49. The maximum absolute atomic E-state index is 5.66. The Morgan fingerprint density at radius 2 is 2.00 bits per heavy atom. The van der Waals surface area contributed by atoms with Gasteiger partial charge in [-0.1, -0.05) is 13.0 Å². The number of hydrogen-bond acceptors (Lipinski definition) is 5. The van der Waals surface area contributed by atoms with Crippen LogP contribution in [0.15, 0.2) is 23.2 Å². The molecular weight excluding hydrogens is 495 g/mol. The summed E-state index contributed by atoms with van der Waals surface area (Å²) in [5.41, 5.74) is 1.25. The van der Waals surface area contributed by atoms with E-state index < -0.39 is 0 Å². The van der Waals surface area contributed by atoms with Crippen LogP contribution < -0.4 is 20.1 Å². The molecule has 0 aromatic heterocycles. The maximum Gasteiger partial charge on any atom is 0.190 e. The van der Waals surface area contributed by atoms with E-state index in [2.05, 4.69) is 39.6 Å². The van der Waals surface area contributed by atoms with Crippen LogP contribution >= 0.6 is 24.0 Å². The van der Waals surface area contributed by atoms with E-state index in [0.717, 1.165) is 76.2 Å². The average Bonchev–Trinajstić information content (AvgIpc) is 2.74. The van der Waals surface area contributed by atoms with Crippen LogP contribution in [0.1, 0.15) is 25.8 Å². The van der Waals surface area contributed by atoms with E-state index in [4.69, 9.17) is 14.2 Å². The van der Waals surface area contributed by atoms with Crippen molar-refractivity contribution in [3.63, 3.8) is 0 Å². The fourth-order valence-electron chi connectivity index (χ4n) is 3.42. The number of ether oxygens (including phenoxy) is 3. The Morgan fingerprint density at radius 3 is 2.67 bits per heavy atom. The first-order chi connectivity index (χ1) is 14.2. The van der Waals surface area contributed by atoms with Gasteiger partial charge in [-0.05, 0) is 43.4 Å². The van der Waals surface area contributed by atoms with Crippen molar-refractivity contribution in [3.05, 3.63) is 23.8 Å². The van der Waals surface area contributed by atoms with E-state index in [-0.39, 0.29) is 24.0 Å². The molecule has 172 valence electrons. The monoisotopic (exact) mass is 534 g/mol. The normalized spacial score (nSPS) is 15.8. The van der Waals surface area contributed by atoms with Crippen LogP contribution in [-0.4, -0.2) is 77.6 Å². The minimum absolute atomic E-state index is 0. The van der Waals surface area contributed by atoms with Crippen LogP contribution in [0.4, 0.5) is 0 Å². The molecule has 7 nitrogen and oxygen atoms in total. The number of aryl methyl sites for hydroxylation is 1. The Balaban J connectivity index is 0.00000450. The fourth-order valence-corrected chi connectivity index (χ4v) is 3.42. The first-order valence-electron chi connectivity index (χ1n) is 10.7. The first kappa shape index (κ1) is 26.8. The minimum Gasteiger partial charge on any atom is -0.493 e. The van der Waals surface area contributed by atoms with Crippen molar-refractivity contribution in [1.29, 1.82) is 0 Å². The molecule has 1 aromatic carbocycles. The smallest absolute Gasteiger partial charge is 0.190 e. The van der Waals surface area contributed by atoms with Gasteiger partial charge in [0.15, 0.2) is 17.5 Å². The molecule has 8 heteroatoms. The van der Waals surface area contributed by atoms with Crippen molar-refractivity contribution in [3.8, 4) is 11.5 Å². The summed E-state index contributed by atoms with van der Waals surface area (Å²) in [5.74, 6) is 3.02. The molecule has 1 heterocycles. The van der Waals surface area contributed by atoms with Crippen LogP contribution in [0.5, 0.6) is 11.5 Å². The molecule has 0 saturated carbocycles. The molecule has 0 aliphatic carbocycles. The molecule has 1 atom stereocenters. The van der Waals surface area contributed by atoms with Crippen LogP contribution in [-0.2, 0) is 11.2 Å². The average molecular weight is 534 g/mol. The van der Waals surface area contributed by atoms with Gasteiger partial charge in [0.2, 0.25) is 0 Å². The number of nitrogens with one attached hydrogen (secondary N) is 2. The third-order valence-electron chi connectivity index (χ3n) is 4.98. The number of benzene rings is 1. The molecule has 2 rings (SSSR count). The Bertz CT molecular complexity index is 624. The van der Waals surface area contributed by atoms with E-state index in [9.17, 15) is 0 Å². The van der Waals surface area contributed by atoms with Gasteiger partial charge in [0.25, 0.3) is 0 Å². The van der Waals surface area contributed by atoms with Gasteiger partial charge in [0.1, 0.15) is 0 Å². The van der Waals surface area contributed by atoms with Crippen molar-refractivity contribution >= 4 is 29.9 Å². The quantitative estimate of drug-likeness (QED) is 0.197. The third kappa shape index (κ3) is 9.70. The molecule has 1 fully saturated rings. The fraction of sp³-hybridized carbons (Fsp3) is 0.682. The predicted molar refractivity (Wildman–Crippen MR) is 134 cm³/mol. The van der Waals surface area contributed by atoms with Crippen molar-refractivity contribution in [1.82, 2.24) is 15.5 Å². The molecule has 0 bridgehead atoms. The molecule has 1 aromatic rings. The zero-order valence-electron chi connectivity index (χ0n) is 18.9. The minimum atomic E-state index is 0. The van der Waals surface area contributed by atoms with Gasteiger partial charge < -0.3 is 24.8 Å². The van der Waals surface area contributed by atoms with Gasteiger partial charge in [-0.25, -0.2) is 0 Å². The summed E-state index contributed by atoms with van der Waals surface area (Å²) in [6.07, 6.45) is 1.99. The molecule has 1 aliphatic heterocycles. The highest BCUT2D eigenvalue weighted by Gasteiger charge is 2.14. The van der Waals surface area contributed by atoms with Crippen LogP contribution in [0.2, 0.25) is 0 Å². The Morgan fingerprint density at radius 1 is 1.23 bits per heavy atom. The van der Waals surface area contributed by atoms with Gasteiger partial charge in [-0.15, -0.1) is 24.0 Å². The van der Waals surface area contributed by atoms with E-state index >= 15 is 0 Å². The lowest BCUT2D eigenvalue weighted by Crippen LogP contribution is -2.44. The number of methoxy groups -OCH3 is 1. The zero-order valence-corrected chi connectivity index (χ0v) is 21.2. The third-order valence-corrected chi connectivity index (χ3v) is 4.98. The summed E-state index contributed by atoms with van der Waals surface area (Å²) < 4.78 is 16.4. The van der Waals surface area contributed by atoms with Crippen LogP contribution in [0, 0.1) is 5.92 Å². The Hall–Kier alpha value is -1.26. The van der Waals surface area contributed by atoms with Gasteiger partial charge in [-0.2, -0.15) is 0 Å². The lowest BCUT2D eigenvalue weighted by molar-refractivity contribution is 0.0320. The highest BCUT2D eigenvalue weighted by molar-refractivity contribution is 14.0. The Kier molecular flexibility index (Phi) is 13.9. The Labute approximate surface area is 199 Å². The van der Waals surface area contributed by atoms with E-state index in [0.29, 0.717) is 12.5 Å². The zero-order chi connectivity index (χ0) is 20.9. The maximum atomic E-state index is 5.66. The second-order valence-corrected chi connectivity index (χ2v) is 7.42. The second kappa shape index (κ2) is 15.5. The topological polar surface area (TPSA) is 67.4 Å². The molecule has 2 N–H and O–H groups in total. The van der Waals surface area contributed by atoms with Gasteiger partial charge in [0.05, 0.1) is 26.9 Å². The number of hydrogen-bond donors (Lipinski definition) is 2. The molecule has 1 unspecified atom stereocenters. The lowest BCUT2D eigenvalue weighted by atomic mass is 10.1. The summed E-state index contributed by atoms with van der Waals surface area (Å²) in [6, 6.07) is 6.15. The van der Waals surface area contributed by atoms with Crippen molar-refractivity contribution in [2.75, 3.05) is 66.7 Å². The highest BCUT2D eigenvalue weighted by atomic mass is 127. The van der Waals surface area contributed by atoms with Crippen LogP contribution in [0.25, 0.3) is 0 Å². The number of guanidine groups is 1. The number of morpholine rings is 1. The summed E-state index contributed by atoms with van der Waals surface area (Å²) >= 11 is 0. The summed E-state index contributed by atoms with van der Waals surface area (Å²) in [4.78, 5) is 6.81. The summed E-state index contributed by atoms with van der Waals surface area (Å²) in [5, 5.41) is 6.85. The van der Waals surface area contributed by atoms with E-state index in [1.54, 1.807) is 7.11 Å². The predicted octanol–water partition coefficient (Wildman–Crippen LogP) is 2.78. The van der Waals surface area contributed by atoms with E-state index in [1.165, 1.54) is 5.56 Å². The lowest BCUT2D eigenvalue weighted by Gasteiger charge is -2.29. The number of aliphatic imine (C=N–C) groups is 1. The molecule has 0 spiro atoms. The molecular formula is C22H39IN4O3.